The van der Waals surface area contributed by atoms with E-state index in [2.05, 4.69) is 12.2 Å². The SMILES string of the molecule is CC1CCCCC1N(C)C(=O)CNC1CCCC1. The lowest BCUT2D eigenvalue weighted by Crippen LogP contribution is -2.47. The van der Waals surface area contributed by atoms with E-state index in [0.29, 0.717) is 24.5 Å². The highest BCUT2D eigenvalue weighted by Crippen LogP contribution is 2.27. The third-order valence-corrected chi connectivity index (χ3v) is 4.85. The molecular formula is C15H28N2O. The highest BCUT2D eigenvalue weighted by molar-refractivity contribution is 5.78. The Kier molecular flexibility index (Phi) is 5.04. The Bertz CT molecular complexity index is 274. The quantitative estimate of drug-likeness (QED) is 0.834. The second-order valence-electron chi connectivity index (χ2n) is 6.20. The van der Waals surface area contributed by atoms with Crippen LogP contribution >= 0.6 is 0 Å². The molecule has 0 saturated heterocycles. The van der Waals surface area contributed by atoms with Gasteiger partial charge in [-0.15, -0.1) is 0 Å². The highest BCUT2D eigenvalue weighted by atomic mass is 16.2. The molecule has 3 heteroatoms. The fourth-order valence-corrected chi connectivity index (χ4v) is 3.54. The Morgan fingerprint density at radius 2 is 1.72 bits per heavy atom. The number of hydrogen-bond donors (Lipinski definition) is 1. The van der Waals surface area contributed by atoms with Crippen molar-refractivity contribution in [2.75, 3.05) is 13.6 Å². The average Bonchev–Trinajstić information content (AvgIpc) is 2.89. The number of nitrogens with one attached hydrogen (secondary N) is 1. The average molecular weight is 252 g/mol. The van der Waals surface area contributed by atoms with Crippen LogP contribution in [0.2, 0.25) is 0 Å². The summed E-state index contributed by atoms with van der Waals surface area (Å²) in [7, 11) is 1.99. The van der Waals surface area contributed by atoms with Gasteiger partial charge in [-0.1, -0.05) is 32.6 Å². The van der Waals surface area contributed by atoms with E-state index < -0.39 is 0 Å². The smallest absolute Gasteiger partial charge is 0.236 e. The molecular weight excluding hydrogens is 224 g/mol. The predicted molar refractivity (Wildman–Crippen MR) is 74.4 cm³/mol. The van der Waals surface area contributed by atoms with Gasteiger partial charge in [0.2, 0.25) is 5.91 Å². The minimum absolute atomic E-state index is 0.278. The lowest BCUT2D eigenvalue weighted by atomic mass is 9.85. The minimum atomic E-state index is 0.278. The van der Waals surface area contributed by atoms with Crippen LogP contribution in [0.3, 0.4) is 0 Å². The largest absolute Gasteiger partial charge is 0.341 e. The van der Waals surface area contributed by atoms with Crippen molar-refractivity contribution in [2.45, 2.75) is 70.4 Å². The topological polar surface area (TPSA) is 32.3 Å². The normalized spacial score (nSPS) is 29.4. The van der Waals surface area contributed by atoms with Gasteiger partial charge in [-0.2, -0.15) is 0 Å². The first-order chi connectivity index (χ1) is 8.68. The third kappa shape index (κ3) is 3.47. The molecule has 3 nitrogen and oxygen atoms in total. The third-order valence-electron chi connectivity index (χ3n) is 4.85. The Morgan fingerprint density at radius 1 is 1.11 bits per heavy atom. The van der Waals surface area contributed by atoms with Gasteiger partial charge in [-0.3, -0.25) is 4.79 Å². The number of nitrogens with zero attached hydrogens (tertiary/aromatic N) is 1. The van der Waals surface area contributed by atoms with E-state index in [0.717, 1.165) is 0 Å². The summed E-state index contributed by atoms with van der Waals surface area (Å²) in [5.74, 6) is 0.944. The zero-order valence-corrected chi connectivity index (χ0v) is 12.0. The van der Waals surface area contributed by atoms with Gasteiger partial charge in [0, 0.05) is 19.1 Å². The first-order valence-electron chi connectivity index (χ1n) is 7.67. The van der Waals surface area contributed by atoms with Crippen LogP contribution < -0.4 is 5.32 Å². The van der Waals surface area contributed by atoms with Gasteiger partial charge in [-0.25, -0.2) is 0 Å². The van der Waals surface area contributed by atoms with Crippen LogP contribution in [0.5, 0.6) is 0 Å². The molecule has 0 radical (unpaired) electrons. The molecule has 2 aliphatic carbocycles. The van der Waals surface area contributed by atoms with Crippen LogP contribution in [0.1, 0.15) is 58.3 Å². The molecule has 0 aromatic carbocycles. The van der Waals surface area contributed by atoms with E-state index in [4.69, 9.17) is 0 Å². The number of likely N-dealkylation sites (N-methyl/N-ethyl adjacent to an activating group) is 1. The molecule has 0 aliphatic heterocycles. The molecule has 2 rings (SSSR count). The molecule has 2 saturated carbocycles. The van der Waals surface area contributed by atoms with Crippen molar-refractivity contribution in [3.8, 4) is 0 Å². The molecule has 2 fully saturated rings. The summed E-state index contributed by atoms with van der Waals surface area (Å²) >= 11 is 0. The maximum absolute atomic E-state index is 12.2. The van der Waals surface area contributed by atoms with Gasteiger partial charge in [0.15, 0.2) is 0 Å². The van der Waals surface area contributed by atoms with Crippen LogP contribution in [-0.2, 0) is 4.79 Å². The van der Waals surface area contributed by atoms with Gasteiger partial charge in [0.05, 0.1) is 6.54 Å². The molecule has 1 N–H and O–H groups in total. The van der Waals surface area contributed by atoms with Crippen molar-refractivity contribution < 1.29 is 4.79 Å². The zero-order valence-electron chi connectivity index (χ0n) is 12.0. The van der Waals surface area contributed by atoms with Gasteiger partial charge in [0.1, 0.15) is 0 Å². The van der Waals surface area contributed by atoms with Crippen LogP contribution in [0.25, 0.3) is 0 Å². The van der Waals surface area contributed by atoms with E-state index in [-0.39, 0.29) is 5.91 Å². The molecule has 0 aromatic heterocycles. The fourth-order valence-electron chi connectivity index (χ4n) is 3.54. The summed E-state index contributed by atoms with van der Waals surface area (Å²) in [6.45, 7) is 2.82. The molecule has 0 heterocycles. The van der Waals surface area contributed by atoms with Crippen LogP contribution in [0, 0.1) is 5.92 Å². The molecule has 0 aromatic rings. The number of hydrogen-bond acceptors (Lipinski definition) is 2. The summed E-state index contributed by atoms with van der Waals surface area (Å²) in [5.41, 5.74) is 0. The van der Waals surface area contributed by atoms with Crippen LogP contribution in [0.15, 0.2) is 0 Å². The number of carbonyl (C=O) groups excluding carboxylic acids is 1. The van der Waals surface area contributed by atoms with Crippen molar-refractivity contribution in [1.29, 1.82) is 0 Å². The van der Waals surface area contributed by atoms with E-state index in [1.807, 2.05) is 11.9 Å². The standard InChI is InChI=1S/C15H28N2O/c1-12-7-3-6-10-14(12)17(2)15(18)11-16-13-8-4-5-9-13/h12-14,16H,3-11H2,1-2H3. The Morgan fingerprint density at radius 3 is 2.39 bits per heavy atom. The molecule has 0 spiro atoms. The van der Waals surface area contributed by atoms with Crippen molar-refractivity contribution >= 4 is 5.91 Å². The number of carbonyl (C=O) groups is 1. The van der Waals surface area contributed by atoms with Gasteiger partial charge in [0.25, 0.3) is 0 Å². The van der Waals surface area contributed by atoms with Gasteiger partial charge >= 0.3 is 0 Å². The predicted octanol–water partition coefficient (Wildman–Crippen LogP) is 2.56. The maximum atomic E-state index is 12.2. The monoisotopic (exact) mass is 252 g/mol. The van der Waals surface area contributed by atoms with Crippen LogP contribution in [0.4, 0.5) is 0 Å². The first-order valence-corrected chi connectivity index (χ1v) is 7.67. The second-order valence-corrected chi connectivity index (χ2v) is 6.20. The lowest BCUT2D eigenvalue weighted by Gasteiger charge is -2.36. The molecule has 104 valence electrons. The molecule has 1 amide bonds. The van der Waals surface area contributed by atoms with E-state index >= 15 is 0 Å². The molecule has 2 aliphatic rings. The number of rotatable bonds is 4. The van der Waals surface area contributed by atoms with Crippen molar-refractivity contribution in [2.24, 2.45) is 5.92 Å². The zero-order chi connectivity index (χ0) is 13.0. The minimum Gasteiger partial charge on any atom is -0.341 e. The summed E-state index contributed by atoms with van der Waals surface area (Å²) in [6.07, 6.45) is 10.2. The lowest BCUT2D eigenvalue weighted by molar-refractivity contribution is -0.132. The van der Waals surface area contributed by atoms with E-state index in [9.17, 15) is 4.79 Å². The van der Waals surface area contributed by atoms with Crippen molar-refractivity contribution in [3.05, 3.63) is 0 Å². The molecule has 18 heavy (non-hydrogen) atoms. The molecule has 2 unspecified atom stereocenters. The van der Waals surface area contributed by atoms with E-state index in [1.165, 1.54) is 51.4 Å². The summed E-state index contributed by atoms with van der Waals surface area (Å²) in [6, 6.07) is 1.06. The van der Waals surface area contributed by atoms with Crippen molar-refractivity contribution in [1.82, 2.24) is 10.2 Å². The summed E-state index contributed by atoms with van der Waals surface area (Å²) in [5, 5.41) is 3.42. The summed E-state index contributed by atoms with van der Waals surface area (Å²) in [4.78, 5) is 14.2. The summed E-state index contributed by atoms with van der Waals surface area (Å²) < 4.78 is 0. The van der Waals surface area contributed by atoms with Crippen molar-refractivity contribution in [3.63, 3.8) is 0 Å². The van der Waals surface area contributed by atoms with E-state index in [1.54, 1.807) is 0 Å². The Labute approximate surface area is 111 Å². The number of amides is 1. The molecule has 2 atom stereocenters. The first kappa shape index (κ1) is 13.9. The highest BCUT2D eigenvalue weighted by Gasteiger charge is 2.28. The Balaban J connectivity index is 1.76. The Hall–Kier alpha value is -0.570. The maximum Gasteiger partial charge on any atom is 0.236 e. The fraction of sp³-hybridized carbons (Fsp3) is 0.933. The van der Waals surface area contributed by atoms with Gasteiger partial charge < -0.3 is 10.2 Å². The van der Waals surface area contributed by atoms with Crippen LogP contribution in [-0.4, -0.2) is 36.5 Å². The second kappa shape index (κ2) is 6.55. The molecule has 0 bridgehead atoms. The van der Waals surface area contributed by atoms with Gasteiger partial charge in [-0.05, 0) is 31.6 Å².